The van der Waals surface area contributed by atoms with Crippen molar-refractivity contribution in [3.8, 4) is 0 Å². The number of unbranched alkanes of at least 4 members (excludes halogenated alkanes) is 12. The molecule has 0 radical (unpaired) electrons. The highest BCUT2D eigenvalue weighted by molar-refractivity contribution is 5.95. The van der Waals surface area contributed by atoms with Gasteiger partial charge in [0.05, 0.1) is 24.3 Å². The van der Waals surface area contributed by atoms with Crippen LogP contribution in [-0.2, 0) is 9.47 Å². The number of rotatable bonds is 26. The number of esters is 2. The van der Waals surface area contributed by atoms with E-state index in [9.17, 15) is 9.59 Å². The van der Waals surface area contributed by atoms with Crippen molar-refractivity contribution in [1.82, 2.24) is 9.80 Å². The lowest BCUT2D eigenvalue weighted by atomic mass is 10.1. The fourth-order valence-electron chi connectivity index (χ4n) is 4.84. The Morgan fingerprint density at radius 1 is 0.550 bits per heavy atom. The second kappa shape index (κ2) is 24.8. The van der Waals surface area contributed by atoms with Crippen LogP contribution in [0.25, 0.3) is 0 Å². The molecular weight excluding hydrogens is 500 g/mol. The van der Waals surface area contributed by atoms with E-state index in [-0.39, 0.29) is 0 Å². The number of carbonyl (C=O) groups excluding carboxylic acids is 2. The van der Waals surface area contributed by atoms with Crippen LogP contribution in [0.2, 0.25) is 0 Å². The Hall–Kier alpha value is -1.92. The Balaban J connectivity index is 2.17. The van der Waals surface area contributed by atoms with Gasteiger partial charge in [-0.3, -0.25) is 0 Å². The Bertz CT molecular complexity index is 711. The number of hydrogen-bond acceptors (Lipinski definition) is 6. The molecule has 0 saturated heterocycles. The van der Waals surface area contributed by atoms with Crippen molar-refractivity contribution in [2.24, 2.45) is 0 Å². The highest BCUT2D eigenvalue weighted by atomic mass is 16.5. The van der Waals surface area contributed by atoms with Crippen LogP contribution in [0.5, 0.6) is 0 Å². The molecule has 0 N–H and O–H groups in total. The van der Waals surface area contributed by atoms with Crippen LogP contribution < -0.4 is 0 Å². The van der Waals surface area contributed by atoms with Gasteiger partial charge < -0.3 is 19.3 Å². The topological polar surface area (TPSA) is 59.1 Å². The van der Waals surface area contributed by atoms with Crippen LogP contribution in [0.3, 0.4) is 0 Å². The predicted molar refractivity (Wildman–Crippen MR) is 167 cm³/mol. The minimum absolute atomic E-state index is 0.376. The molecule has 0 amide bonds. The smallest absolute Gasteiger partial charge is 0.338 e. The summed E-state index contributed by atoms with van der Waals surface area (Å²) in [6.45, 7) is 9.23. The third kappa shape index (κ3) is 19.2. The summed E-state index contributed by atoms with van der Waals surface area (Å²) in [5.41, 5.74) is 0.778. The van der Waals surface area contributed by atoms with E-state index < -0.39 is 11.9 Å². The van der Waals surface area contributed by atoms with Gasteiger partial charge in [-0.05, 0) is 71.1 Å². The van der Waals surface area contributed by atoms with Crippen molar-refractivity contribution in [2.75, 3.05) is 53.5 Å². The summed E-state index contributed by atoms with van der Waals surface area (Å²) in [5, 5.41) is 0. The maximum atomic E-state index is 12.5. The predicted octanol–water partition coefficient (Wildman–Crippen LogP) is 8.15. The minimum Gasteiger partial charge on any atom is -0.462 e. The Morgan fingerprint density at radius 2 is 0.900 bits per heavy atom. The summed E-state index contributed by atoms with van der Waals surface area (Å²) in [6.07, 6.45) is 20.0. The molecule has 0 aliphatic heterocycles. The van der Waals surface area contributed by atoms with Gasteiger partial charge in [0.25, 0.3) is 0 Å². The second-order valence-electron chi connectivity index (χ2n) is 11.4. The van der Waals surface area contributed by atoms with Crippen molar-refractivity contribution < 1.29 is 19.1 Å². The minimum atomic E-state index is -0.392. The normalized spacial score (nSPS) is 11.3. The summed E-state index contributed by atoms with van der Waals surface area (Å²) in [7, 11) is 4.25. The van der Waals surface area contributed by atoms with Crippen LogP contribution in [0.1, 0.15) is 137 Å². The number of carbonyl (C=O) groups is 2. The number of hydrogen-bond donors (Lipinski definition) is 0. The van der Waals surface area contributed by atoms with E-state index >= 15 is 0 Å². The molecule has 0 bridgehead atoms. The summed E-state index contributed by atoms with van der Waals surface area (Å²) >= 11 is 0. The quantitative estimate of drug-likeness (QED) is 0.0842. The van der Waals surface area contributed by atoms with Crippen molar-refractivity contribution in [3.05, 3.63) is 35.4 Å². The summed E-state index contributed by atoms with van der Waals surface area (Å²) in [4.78, 5) is 29.6. The van der Waals surface area contributed by atoms with E-state index in [4.69, 9.17) is 9.47 Å². The molecule has 0 aromatic heterocycles. The lowest BCUT2D eigenvalue weighted by Gasteiger charge is -2.16. The van der Waals surface area contributed by atoms with Crippen LogP contribution in [-0.4, -0.2) is 75.2 Å². The van der Waals surface area contributed by atoms with E-state index in [1.54, 1.807) is 24.3 Å². The summed E-state index contributed by atoms with van der Waals surface area (Å²) < 4.78 is 10.9. The fraction of sp³-hybridized carbons (Fsp3) is 0.765. The number of nitrogens with zero attached hydrogens (tertiary/aromatic N) is 2. The van der Waals surface area contributed by atoms with E-state index in [0.29, 0.717) is 24.3 Å². The zero-order chi connectivity index (χ0) is 29.3. The van der Waals surface area contributed by atoms with E-state index in [1.807, 2.05) is 0 Å². The van der Waals surface area contributed by atoms with Gasteiger partial charge in [-0.15, -0.1) is 0 Å². The molecule has 0 aliphatic carbocycles. The molecule has 0 heterocycles. The molecule has 0 saturated carbocycles. The molecular formula is C34H60N2O4. The first-order valence-electron chi connectivity index (χ1n) is 16.3. The largest absolute Gasteiger partial charge is 0.462 e. The van der Waals surface area contributed by atoms with Crippen LogP contribution in [0.15, 0.2) is 24.3 Å². The van der Waals surface area contributed by atoms with E-state index in [0.717, 1.165) is 39.0 Å². The van der Waals surface area contributed by atoms with Gasteiger partial charge in [-0.1, -0.05) is 97.0 Å². The Labute approximate surface area is 246 Å². The zero-order valence-corrected chi connectivity index (χ0v) is 26.4. The van der Waals surface area contributed by atoms with Gasteiger partial charge in [0.2, 0.25) is 0 Å². The average molecular weight is 561 g/mol. The lowest BCUT2D eigenvalue weighted by Crippen LogP contribution is -2.22. The number of benzene rings is 1. The maximum absolute atomic E-state index is 12.5. The molecule has 0 unspecified atom stereocenters. The third-order valence-corrected chi connectivity index (χ3v) is 7.46. The fourth-order valence-corrected chi connectivity index (χ4v) is 4.84. The van der Waals surface area contributed by atoms with Gasteiger partial charge in [0.1, 0.15) is 0 Å². The van der Waals surface area contributed by atoms with Crippen molar-refractivity contribution >= 4 is 11.9 Å². The second-order valence-corrected chi connectivity index (χ2v) is 11.4. The molecule has 0 spiro atoms. The molecule has 1 aromatic carbocycles. The highest BCUT2D eigenvalue weighted by Gasteiger charge is 2.13. The van der Waals surface area contributed by atoms with Gasteiger partial charge in [-0.25, -0.2) is 9.59 Å². The standard InChI is InChI=1S/C34H60N2O4/c1-5-7-9-11-13-15-17-24-35(3)26-20-28-39-33(37)31-22-19-23-32(30-31)34(38)40-29-21-27-36(4)25-18-16-14-12-10-8-6-2/h19,22-23,30H,5-18,20-21,24-29H2,1-4H3. The van der Waals surface area contributed by atoms with Gasteiger partial charge >= 0.3 is 11.9 Å². The van der Waals surface area contributed by atoms with E-state index in [2.05, 4.69) is 37.7 Å². The van der Waals surface area contributed by atoms with Crippen LogP contribution >= 0.6 is 0 Å². The zero-order valence-electron chi connectivity index (χ0n) is 26.4. The molecule has 1 aromatic rings. The van der Waals surface area contributed by atoms with Crippen LogP contribution in [0.4, 0.5) is 0 Å². The Morgan fingerprint density at radius 3 is 1.30 bits per heavy atom. The summed E-state index contributed by atoms with van der Waals surface area (Å²) in [5.74, 6) is -0.784. The lowest BCUT2D eigenvalue weighted by molar-refractivity contribution is 0.0489. The molecule has 1 rings (SSSR count). The molecule has 0 aliphatic rings. The van der Waals surface area contributed by atoms with Crippen LogP contribution in [0, 0.1) is 0 Å². The third-order valence-electron chi connectivity index (χ3n) is 7.46. The molecule has 6 nitrogen and oxygen atoms in total. The van der Waals surface area contributed by atoms with Crippen molar-refractivity contribution in [1.29, 1.82) is 0 Å². The molecule has 230 valence electrons. The average Bonchev–Trinajstić information content (AvgIpc) is 2.96. The Kier molecular flexibility index (Phi) is 22.4. The molecule has 0 atom stereocenters. The first-order valence-corrected chi connectivity index (χ1v) is 16.3. The monoisotopic (exact) mass is 560 g/mol. The first kappa shape index (κ1) is 36.1. The number of ether oxygens (including phenoxy) is 2. The maximum Gasteiger partial charge on any atom is 0.338 e. The van der Waals surface area contributed by atoms with Crippen molar-refractivity contribution in [2.45, 2.75) is 117 Å². The molecule has 6 heteroatoms. The molecule has 40 heavy (non-hydrogen) atoms. The molecule has 0 fully saturated rings. The van der Waals surface area contributed by atoms with Crippen molar-refractivity contribution in [3.63, 3.8) is 0 Å². The van der Waals surface area contributed by atoms with Gasteiger partial charge in [0, 0.05) is 13.1 Å². The first-order chi connectivity index (χ1) is 19.5. The highest BCUT2D eigenvalue weighted by Crippen LogP contribution is 2.11. The van der Waals surface area contributed by atoms with E-state index in [1.165, 1.54) is 89.9 Å². The SMILES string of the molecule is CCCCCCCCCN(C)CCCOC(=O)c1cccc(C(=O)OCCCN(C)CCCCCCCCC)c1. The summed E-state index contributed by atoms with van der Waals surface area (Å²) in [6, 6.07) is 6.65. The van der Waals surface area contributed by atoms with Gasteiger partial charge in [0.15, 0.2) is 0 Å². The van der Waals surface area contributed by atoms with Gasteiger partial charge in [-0.2, -0.15) is 0 Å².